The van der Waals surface area contributed by atoms with Crippen molar-refractivity contribution >= 4 is 11.7 Å². The molecule has 1 amide bonds. The van der Waals surface area contributed by atoms with E-state index in [0.29, 0.717) is 12.4 Å². The molecule has 1 atom stereocenters. The maximum absolute atomic E-state index is 11.4. The molecule has 0 aromatic carbocycles. The minimum atomic E-state index is -0.578. The highest BCUT2D eigenvalue weighted by molar-refractivity contribution is 5.94. The molecule has 1 fully saturated rings. The number of aliphatic hydroxyl groups excluding tert-OH is 1. The first-order valence-electron chi connectivity index (χ1n) is 4.44. The van der Waals surface area contributed by atoms with Crippen molar-refractivity contribution in [2.24, 2.45) is 0 Å². The van der Waals surface area contributed by atoms with Crippen LogP contribution in [0.5, 0.6) is 0 Å². The minimum absolute atomic E-state index is 0.101. The van der Waals surface area contributed by atoms with Gasteiger partial charge in [-0.25, -0.2) is 4.98 Å². The van der Waals surface area contributed by atoms with E-state index in [0.717, 1.165) is 5.69 Å². The Morgan fingerprint density at radius 1 is 1.50 bits per heavy atom. The molecule has 1 aromatic heterocycles. The first-order valence-corrected chi connectivity index (χ1v) is 4.44. The number of β-amino-alcohol motifs (C(OH)–C–C–N with tert-alkyl or cyclic N) is 1. The summed E-state index contributed by atoms with van der Waals surface area (Å²) in [6.45, 7) is 2.15. The lowest BCUT2D eigenvalue weighted by molar-refractivity contribution is -0.117. The highest BCUT2D eigenvalue weighted by Crippen LogP contribution is 2.17. The lowest BCUT2D eigenvalue weighted by Gasteiger charge is -2.13. The zero-order valence-electron chi connectivity index (χ0n) is 7.84. The van der Waals surface area contributed by atoms with E-state index in [1.807, 2.05) is 6.92 Å². The number of carbonyl (C=O) groups is 1. The highest BCUT2D eigenvalue weighted by Gasteiger charge is 2.29. The zero-order chi connectivity index (χ0) is 10.1. The van der Waals surface area contributed by atoms with Crippen LogP contribution in [0.1, 0.15) is 12.1 Å². The molecule has 2 rings (SSSR count). The van der Waals surface area contributed by atoms with Crippen LogP contribution in [0, 0.1) is 6.92 Å². The van der Waals surface area contributed by atoms with E-state index in [9.17, 15) is 9.90 Å². The molecule has 5 nitrogen and oxygen atoms in total. The van der Waals surface area contributed by atoms with Gasteiger partial charge in [0, 0.05) is 0 Å². The van der Waals surface area contributed by atoms with E-state index < -0.39 is 6.10 Å². The van der Waals surface area contributed by atoms with Crippen molar-refractivity contribution in [1.29, 1.82) is 0 Å². The van der Waals surface area contributed by atoms with Gasteiger partial charge in [0.2, 0.25) is 5.91 Å². The summed E-state index contributed by atoms with van der Waals surface area (Å²) in [6.07, 6.45) is 2.75. The molecular weight excluding hydrogens is 182 g/mol. The number of amides is 1. The van der Waals surface area contributed by atoms with Crippen LogP contribution in [0.4, 0.5) is 5.82 Å². The summed E-state index contributed by atoms with van der Waals surface area (Å²) >= 11 is 0. The molecule has 0 saturated carbocycles. The van der Waals surface area contributed by atoms with E-state index in [4.69, 9.17) is 0 Å². The third-order valence-corrected chi connectivity index (χ3v) is 2.15. The van der Waals surface area contributed by atoms with Crippen LogP contribution in [0.3, 0.4) is 0 Å². The van der Waals surface area contributed by atoms with Gasteiger partial charge in [-0.2, -0.15) is 0 Å². The van der Waals surface area contributed by atoms with Crippen LogP contribution in [0.25, 0.3) is 0 Å². The molecule has 0 radical (unpaired) electrons. The Morgan fingerprint density at radius 3 is 2.79 bits per heavy atom. The van der Waals surface area contributed by atoms with Crippen molar-refractivity contribution in [3.63, 3.8) is 0 Å². The summed E-state index contributed by atoms with van der Waals surface area (Å²) in [6, 6.07) is 0. The van der Waals surface area contributed by atoms with Crippen molar-refractivity contribution < 1.29 is 9.90 Å². The second-order valence-electron chi connectivity index (χ2n) is 3.38. The van der Waals surface area contributed by atoms with E-state index in [1.165, 1.54) is 4.90 Å². The van der Waals surface area contributed by atoms with Crippen LogP contribution < -0.4 is 4.90 Å². The highest BCUT2D eigenvalue weighted by atomic mass is 16.3. The molecule has 0 aliphatic carbocycles. The van der Waals surface area contributed by atoms with Crippen LogP contribution in [0.15, 0.2) is 12.4 Å². The van der Waals surface area contributed by atoms with Gasteiger partial charge in [-0.15, -0.1) is 0 Å². The van der Waals surface area contributed by atoms with Gasteiger partial charge in [0.25, 0.3) is 0 Å². The fraction of sp³-hybridized carbons (Fsp3) is 0.444. The number of anilines is 1. The molecule has 1 aliphatic heterocycles. The summed E-state index contributed by atoms with van der Waals surface area (Å²) < 4.78 is 0. The largest absolute Gasteiger partial charge is 0.391 e. The second-order valence-corrected chi connectivity index (χ2v) is 3.38. The Hall–Kier alpha value is -1.49. The fourth-order valence-corrected chi connectivity index (χ4v) is 1.44. The summed E-state index contributed by atoms with van der Waals surface area (Å²) in [5, 5.41) is 9.28. The molecule has 0 bridgehead atoms. The zero-order valence-corrected chi connectivity index (χ0v) is 7.84. The monoisotopic (exact) mass is 193 g/mol. The Bertz CT molecular complexity index is 350. The van der Waals surface area contributed by atoms with Crippen LogP contribution >= 0.6 is 0 Å². The lowest BCUT2D eigenvalue weighted by atomic mass is 10.3. The summed E-state index contributed by atoms with van der Waals surface area (Å²) in [5.74, 6) is 0.410. The SMILES string of the molecule is Cc1cnc(N2CC(O)CC2=O)cn1. The predicted octanol–water partition coefficient (Wildman–Crippen LogP) is -0.117. The predicted molar refractivity (Wildman–Crippen MR) is 49.7 cm³/mol. The summed E-state index contributed by atoms with van der Waals surface area (Å²) in [5.41, 5.74) is 0.806. The Balaban J connectivity index is 2.23. The van der Waals surface area contributed by atoms with Crippen molar-refractivity contribution in [2.45, 2.75) is 19.4 Å². The van der Waals surface area contributed by atoms with Crippen molar-refractivity contribution in [1.82, 2.24) is 9.97 Å². The summed E-state index contributed by atoms with van der Waals surface area (Å²) in [7, 11) is 0. The average molecular weight is 193 g/mol. The normalized spacial score (nSPS) is 21.7. The maximum Gasteiger partial charge on any atom is 0.230 e. The van der Waals surface area contributed by atoms with Gasteiger partial charge in [0.15, 0.2) is 5.82 Å². The quantitative estimate of drug-likeness (QED) is 0.675. The Morgan fingerprint density at radius 2 is 2.29 bits per heavy atom. The molecule has 1 unspecified atom stereocenters. The van der Waals surface area contributed by atoms with Gasteiger partial charge in [-0.1, -0.05) is 0 Å². The van der Waals surface area contributed by atoms with E-state index in [1.54, 1.807) is 12.4 Å². The van der Waals surface area contributed by atoms with Crippen molar-refractivity contribution in [3.05, 3.63) is 18.1 Å². The molecule has 0 spiro atoms. The molecule has 74 valence electrons. The van der Waals surface area contributed by atoms with Gasteiger partial charge in [-0.3, -0.25) is 14.7 Å². The van der Waals surface area contributed by atoms with Gasteiger partial charge >= 0.3 is 0 Å². The minimum Gasteiger partial charge on any atom is -0.391 e. The van der Waals surface area contributed by atoms with Gasteiger partial charge < -0.3 is 5.11 Å². The first kappa shape index (κ1) is 9.08. The van der Waals surface area contributed by atoms with Crippen molar-refractivity contribution in [2.75, 3.05) is 11.4 Å². The molecule has 1 aliphatic rings. The molecule has 2 heterocycles. The van der Waals surface area contributed by atoms with Gasteiger partial charge in [-0.05, 0) is 6.92 Å². The maximum atomic E-state index is 11.4. The topological polar surface area (TPSA) is 66.3 Å². The van der Waals surface area contributed by atoms with Crippen LogP contribution in [-0.4, -0.2) is 33.6 Å². The average Bonchev–Trinajstić information content (AvgIpc) is 2.47. The standard InChI is InChI=1S/C9H11N3O2/c1-6-3-11-8(4-10-6)12-5-7(13)2-9(12)14/h3-4,7,13H,2,5H2,1H3. The third-order valence-electron chi connectivity index (χ3n) is 2.15. The van der Waals surface area contributed by atoms with Gasteiger partial charge in [0.1, 0.15) is 0 Å². The Kier molecular flexibility index (Phi) is 2.17. The number of rotatable bonds is 1. The molecule has 1 aromatic rings. The fourth-order valence-electron chi connectivity index (χ4n) is 1.44. The van der Waals surface area contributed by atoms with E-state index >= 15 is 0 Å². The number of hydrogen-bond donors (Lipinski definition) is 1. The molecule has 5 heteroatoms. The molecule has 1 saturated heterocycles. The van der Waals surface area contributed by atoms with E-state index in [-0.39, 0.29) is 12.3 Å². The number of aryl methyl sites for hydroxylation is 1. The smallest absolute Gasteiger partial charge is 0.230 e. The summed E-state index contributed by atoms with van der Waals surface area (Å²) in [4.78, 5) is 20.9. The van der Waals surface area contributed by atoms with Crippen LogP contribution in [-0.2, 0) is 4.79 Å². The van der Waals surface area contributed by atoms with Gasteiger partial charge in [0.05, 0.1) is 37.2 Å². The third kappa shape index (κ3) is 1.58. The number of aromatic nitrogens is 2. The second kappa shape index (κ2) is 3.34. The van der Waals surface area contributed by atoms with E-state index in [2.05, 4.69) is 9.97 Å². The molecule has 14 heavy (non-hydrogen) atoms. The lowest BCUT2D eigenvalue weighted by Crippen LogP contribution is -2.26. The number of carbonyl (C=O) groups excluding carboxylic acids is 1. The number of hydrogen-bond acceptors (Lipinski definition) is 4. The molecule has 1 N–H and O–H groups in total. The van der Waals surface area contributed by atoms with Crippen LogP contribution in [0.2, 0.25) is 0 Å². The Labute approximate surface area is 81.4 Å². The number of nitrogens with zero attached hydrogens (tertiary/aromatic N) is 3. The first-order chi connectivity index (χ1) is 6.66. The van der Waals surface area contributed by atoms with Crippen molar-refractivity contribution in [3.8, 4) is 0 Å². The molecular formula is C9H11N3O2. The number of aliphatic hydroxyl groups is 1.